The maximum absolute atomic E-state index is 9.50. The van der Waals surface area contributed by atoms with Crippen molar-refractivity contribution in [3.63, 3.8) is 0 Å². The minimum atomic E-state index is -0.346. The molecular formula is C16H25NO2. The number of hydrogen-bond donors (Lipinski definition) is 2. The summed E-state index contributed by atoms with van der Waals surface area (Å²) in [7, 11) is 0. The zero-order chi connectivity index (χ0) is 13.7. The molecule has 0 aromatic heterocycles. The first-order valence-electron chi connectivity index (χ1n) is 7.24. The highest BCUT2D eigenvalue weighted by molar-refractivity contribution is 5.31. The van der Waals surface area contributed by atoms with E-state index in [1.807, 2.05) is 13.8 Å². The summed E-state index contributed by atoms with van der Waals surface area (Å²) in [6.45, 7) is 5.52. The number of hydrogen-bond acceptors (Lipinski definition) is 3. The van der Waals surface area contributed by atoms with Gasteiger partial charge in [-0.25, -0.2) is 0 Å². The number of ether oxygens (including phenoxy) is 1. The Morgan fingerprint density at radius 1 is 1.42 bits per heavy atom. The maximum atomic E-state index is 9.50. The first-order chi connectivity index (χ1) is 9.18. The quantitative estimate of drug-likeness (QED) is 0.828. The number of rotatable bonds is 6. The van der Waals surface area contributed by atoms with Crippen LogP contribution >= 0.6 is 0 Å². The number of benzene rings is 1. The second-order valence-electron chi connectivity index (χ2n) is 5.64. The lowest BCUT2D eigenvalue weighted by Gasteiger charge is -2.32. The average Bonchev–Trinajstić information content (AvgIpc) is 2.45. The summed E-state index contributed by atoms with van der Waals surface area (Å²) in [5.74, 6) is 0. The Labute approximate surface area is 116 Å². The van der Waals surface area contributed by atoms with Crippen LogP contribution in [-0.2, 0) is 11.2 Å². The summed E-state index contributed by atoms with van der Waals surface area (Å²) in [6.07, 6.45) is 3.58. The topological polar surface area (TPSA) is 41.5 Å². The second-order valence-corrected chi connectivity index (χ2v) is 5.64. The van der Waals surface area contributed by atoms with Crippen LogP contribution in [0.1, 0.15) is 43.9 Å². The lowest BCUT2D eigenvalue weighted by atomic mass is 9.89. The molecule has 106 valence electrons. The Hall–Kier alpha value is -0.900. The number of fused-ring (bicyclic) bond motifs is 1. The van der Waals surface area contributed by atoms with Gasteiger partial charge in [0.15, 0.2) is 0 Å². The molecule has 0 bridgehead atoms. The van der Waals surface area contributed by atoms with Gasteiger partial charge in [-0.05, 0) is 43.9 Å². The van der Waals surface area contributed by atoms with E-state index in [9.17, 15) is 5.11 Å². The van der Waals surface area contributed by atoms with E-state index in [0.29, 0.717) is 6.61 Å². The number of nitrogens with one attached hydrogen (secondary N) is 1. The van der Waals surface area contributed by atoms with Gasteiger partial charge in [0.25, 0.3) is 0 Å². The molecule has 2 atom stereocenters. The fraction of sp³-hybridized carbons (Fsp3) is 0.625. The number of likely N-dealkylation sites (N-methyl/N-ethyl adjacent to an activating group) is 1. The first kappa shape index (κ1) is 14.5. The van der Waals surface area contributed by atoms with E-state index >= 15 is 0 Å². The Morgan fingerprint density at radius 2 is 2.21 bits per heavy atom. The molecule has 2 N–H and O–H groups in total. The van der Waals surface area contributed by atoms with Crippen molar-refractivity contribution < 1.29 is 9.84 Å². The third-order valence-electron chi connectivity index (χ3n) is 3.87. The summed E-state index contributed by atoms with van der Waals surface area (Å²) in [5, 5.41) is 12.8. The van der Waals surface area contributed by atoms with Gasteiger partial charge in [-0.3, -0.25) is 0 Å². The van der Waals surface area contributed by atoms with Crippen molar-refractivity contribution in [2.45, 2.75) is 44.8 Å². The van der Waals surface area contributed by atoms with Gasteiger partial charge >= 0.3 is 0 Å². The highest BCUT2D eigenvalue weighted by atomic mass is 16.5. The van der Waals surface area contributed by atoms with Crippen LogP contribution in [0.5, 0.6) is 0 Å². The molecular weight excluding hydrogens is 238 g/mol. The summed E-state index contributed by atoms with van der Waals surface area (Å²) in [5.41, 5.74) is 2.39. The zero-order valence-electron chi connectivity index (χ0n) is 12.0. The molecule has 0 saturated heterocycles. The lowest BCUT2D eigenvalue weighted by molar-refractivity contribution is -0.0117. The van der Waals surface area contributed by atoms with Crippen LogP contribution in [0.2, 0.25) is 0 Å². The minimum absolute atomic E-state index is 0.0925. The molecule has 3 nitrogen and oxygen atoms in total. The lowest BCUT2D eigenvalue weighted by Crippen LogP contribution is -2.49. The summed E-state index contributed by atoms with van der Waals surface area (Å²) in [4.78, 5) is 0. The maximum Gasteiger partial charge on any atom is 0.0828 e. The smallest absolute Gasteiger partial charge is 0.0828 e. The minimum Gasteiger partial charge on any atom is -0.394 e. The summed E-state index contributed by atoms with van der Waals surface area (Å²) in [6, 6.07) is 8.54. The van der Waals surface area contributed by atoms with Crippen molar-refractivity contribution >= 4 is 0 Å². The van der Waals surface area contributed by atoms with E-state index in [4.69, 9.17) is 4.74 Å². The molecule has 0 aliphatic heterocycles. The van der Waals surface area contributed by atoms with Crippen molar-refractivity contribution in [3.8, 4) is 0 Å². The summed E-state index contributed by atoms with van der Waals surface area (Å²) < 4.78 is 6.10. The Bertz CT molecular complexity index is 407. The molecule has 19 heavy (non-hydrogen) atoms. The molecule has 0 radical (unpaired) electrons. The normalized spacial score (nSPS) is 21.7. The van der Waals surface area contributed by atoms with Gasteiger partial charge in [0.05, 0.1) is 24.9 Å². The third kappa shape index (κ3) is 3.56. The van der Waals surface area contributed by atoms with Gasteiger partial charge in [0.1, 0.15) is 0 Å². The molecule has 1 aromatic rings. The molecule has 0 fully saturated rings. The van der Waals surface area contributed by atoms with Crippen molar-refractivity contribution in [3.05, 3.63) is 35.4 Å². The van der Waals surface area contributed by atoms with Crippen LogP contribution in [0.3, 0.4) is 0 Å². The van der Waals surface area contributed by atoms with Gasteiger partial charge < -0.3 is 15.2 Å². The first-order valence-corrected chi connectivity index (χ1v) is 7.24. The summed E-state index contributed by atoms with van der Waals surface area (Å²) >= 11 is 0. The molecule has 0 spiro atoms. The zero-order valence-corrected chi connectivity index (χ0v) is 12.0. The molecule has 2 unspecified atom stereocenters. The SMILES string of the molecule is CCNC(C)(CO)COC1CCCc2ccccc21. The van der Waals surface area contributed by atoms with E-state index in [0.717, 1.165) is 19.4 Å². The van der Waals surface area contributed by atoms with Crippen molar-refractivity contribution in [2.75, 3.05) is 19.8 Å². The predicted octanol–water partition coefficient (Wildman–Crippen LogP) is 2.44. The van der Waals surface area contributed by atoms with Crippen LogP contribution in [0, 0.1) is 0 Å². The van der Waals surface area contributed by atoms with E-state index < -0.39 is 0 Å². The standard InChI is InChI=1S/C16H25NO2/c1-3-17-16(2,11-18)12-19-15-10-6-8-13-7-4-5-9-14(13)15/h4-5,7,9,15,17-18H,3,6,8,10-12H2,1-2H3. The Morgan fingerprint density at radius 3 is 2.95 bits per heavy atom. The molecule has 0 heterocycles. The highest BCUT2D eigenvalue weighted by Gasteiger charge is 2.26. The van der Waals surface area contributed by atoms with E-state index in [1.54, 1.807) is 0 Å². The highest BCUT2D eigenvalue weighted by Crippen LogP contribution is 2.32. The fourth-order valence-electron chi connectivity index (χ4n) is 2.75. The van der Waals surface area contributed by atoms with Crippen LogP contribution in [-0.4, -0.2) is 30.4 Å². The van der Waals surface area contributed by atoms with E-state index in [-0.39, 0.29) is 18.2 Å². The van der Waals surface area contributed by atoms with Gasteiger partial charge in [0, 0.05) is 0 Å². The predicted molar refractivity (Wildman–Crippen MR) is 77.2 cm³/mol. The van der Waals surface area contributed by atoms with Crippen LogP contribution < -0.4 is 5.32 Å². The largest absolute Gasteiger partial charge is 0.394 e. The van der Waals surface area contributed by atoms with Crippen molar-refractivity contribution in [1.29, 1.82) is 0 Å². The van der Waals surface area contributed by atoms with Gasteiger partial charge in [0.2, 0.25) is 0 Å². The monoisotopic (exact) mass is 263 g/mol. The van der Waals surface area contributed by atoms with E-state index in [1.165, 1.54) is 17.5 Å². The second kappa shape index (κ2) is 6.51. The molecule has 2 rings (SSSR count). The molecule has 0 saturated carbocycles. The Balaban J connectivity index is 2.01. The number of aliphatic hydroxyl groups excluding tert-OH is 1. The Kier molecular flexibility index (Phi) is 4.97. The van der Waals surface area contributed by atoms with Crippen LogP contribution in [0.25, 0.3) is 0 Å². The average molecular weight is 263 g/mol. The molecule has 1 aromatic carbocycles. The van der Waals surface area contributed by atoms with Gasteiger partial charge in [-0.1, -0.05) is 31.2 Å². The third-order valence-corrected chi connectivity index (χ3v) is 3.87. The number of aliphatic hydroxyl groups is 1. The van der Waals surface area contributed by atoms with Crippen molar-refractivity contribution in [1.82, 2.24) is 5.32 Å². The van der Waals surface area contributed by atoms with E-state index in [2.05, 4.69) is 29.6 Å². The van der Waals surface area contributed by atoms with Gasteiger partial charge in [-0.15, -0.1) is 0 Å². The molecule has 3 heteroatoms. The molecule has 1 aliphatic carbocycles. The van der Waals surface area contributed by atoms with Crippen LogP contribution in [0.4, 0.5) is 0 Å². The van der Waals surface area contributed by atoms with Crippen LogP contribution in [0.15, 0.2) is 24.3 Å². The van der Waals surface area contributed by atoms with Gasteiger partial charge in [-0.2, -0.15) is 0 Å². The molecule has 0 amide bonds. The van der Waals surface area contributed by atoms with Crippen molar-refractivity contribution in [2.24, 2.45) is 0 Å². The fourth-order valence-corrected chi connectivity index (χ4v) is 2.75. The number of aryl methyl sites for hydroxylation is 1. The molecule has 1 aliphatic rings.